The number of alkyl halides is 2. The van der Waals surface area contributed by atoms with Crippen LogP contribution in [0, 0.1) is 11.3 Å². The largest absolute Gasteiger partial charge is 0.382 e. The third-order valence-corrected chi connectivity index (χ3v) is 7.11. The Morgan fingerprint density at radius 1 is 1.30 bits per heavy atom. The maximum atomic E-state index is 12.3. The Morgan fingerprint density at radius 2 is 1.83 bits per heavy atom. The van der Waals surface area contributed by atoms with Gasteiger partial charge in [-0.15, -0.1) is 0 Å². The molecule has 1 atom stereocenters. The maximum Gasteiger partial charge on any atom is 0.211 e. The van der Waals surface area contributed by atoms with Crippen molar-refractivity contribution < 1.29 is 8.42 Å². The molecule has 1 aromatic heterocycles. The highest BCUT2D eigenvalue weighted by atomic mass is 79.9. The average Bonchev–Trinajstić information content (AvgIpc) is 2.75. The number of halogens is 5. The Labute approximate surface area is 159 Å². The van der Waals surface area contributed by atoms with Crippen LogP contribution in [0.3, 0.4) is 0 Å². The molecule has 0 aliphatic heterocycles. The van der Waals surface area contributed by atoms with Gasteiger partial charge in [0.1, 0.15) is 22.5 Å². The van der Waals surface area contributed by atoms with Crippen molar-refractivity contribution in [3.63, 3.8) is 0 Å². The van der Waals surface area contributed by atoms with E-state index in [0.29, 0.717) is 0 Å². The number of nitrogens with two attached hydrogens (primary N) is 1. The van der Waals surface area contributed by atoms with Crippen molar-refractivity contribution >= 4 is 78.0 Å². The molecule has 2 N–H and O–H groups in total. The maximum absolute atomic E-state index is 12.3. The summed E-state index contributed by atoms with van der Waals surface area (Å²) in [4.78, 5) is -0.515. The van der Waals surface area contributed by atoms with Gasteiger partial charge in [-0.25, -0.2) is 13.1 Å². The zero-order valence-corrected chi connectivity index (χ0v) is 16.2. The molecule has 6 nitrogen and oxygen atoms in total. The lowest BCUT2D eigenvalue weighted by Crippen LogP contribution is -2.12. The minimum atomic E-state index is -4.13. The normalized spacial score (nSPS) is 12.9. The van der Waals surface area contributed by atoms with Gasteiger partial charge in [-0.3, -0.25) is 0 Å². The number of aromatic nitrogens is 2. The van der Waals surface area contributed by atoms with Crippen LogP contribution in [0.15, 0.2) is 17.0 Å². The number of rotatable bonds is 3. The summed E-state index contributed by atoms with van der Waals surface area (Å²) in [6, 6.07) is 4.41. The van der Waals surface area contributed by atoms with Crippen molar-refractivity contribution in [1.29, 1.82) is 5.26 Å². The van der Waals surface area contributed by atoms with E-state index in [1.807, 2.05) is 0 Å². The van der Waals surface area contributed by atoms with Crippen molar-refractivity contribution in [2.75, 3.05) is 5.73 Å². The molecule has 0 bridgehead atoms. The molecule has 0 saturated carbocycles. The SMILES string of the molecule is N#Cc1nn(-c2c(Cl)cc(Cl)cc2Cl)c(N)c1S(=O)(=O)C(Cl)Br. The van der Waals surface area contributed by atoms with E-state index < -0.39 is 24.0 Å². The first-order chi connectivity index (χ1) is 10.6. The number of nitrogen functional groups attached to an aromatic ring is 1. The molecule has 2 rings (SSSR count). The fourth-order valence-electron chi connectivity index (χ4n) is 1.77. The molecule has 122 valence electrons. The van der Waals surface area contributed by atoms with Gasteiger partial charge >= 0.3 is 0 Å². The molecular weight excluding hydrogens is 474 g/mol. The van der Waals surface area contributed by atoms with Crippen LogP contribution in [0.1, 0.15) is 5.69 Å². The Kier molecular flexibility index (Phi) is 5.41. The van der Waals surface area contributed by atoms with Crippen LogP contribution < -0.4 is 5.73 Å². The minimum absolute atomic E-state index is 0.0754. The molecule has 1 unspecified atom stereocenters. The quantitative estimate of drug-likeness (QED) is 0.672. The zero-order valence-electron chi connectivity index (χ0n) is 10.8. The van der Waals surface area contributed by atoms with E-state index in [0.717, 1.165) is 4.68 Å². The second-order valence-electron chi connectivity index (χ2n) is 4.11. The summed E-state index contributed by atoms with van der Waals surface area (Å²) in [5, 5.41) is 13.4. The monoisotopic (exact) mass is 476 g/mol. The van der Waals surface area contributed by atoms with Crippen molar-refractivity contribution in [1.82, 2.24) is 9.78 Å². The molecule has 23 heavy (non-hydrogen) atoms. The van der Waals surface area contributed by atoms with Crippen molar-refractivity contribution in [3.8, 4) is 11.8 Å². The van der Waals surface area contributed by atoms with Crippen LogP contribution in [-0.2, 0) is 9.84 Å². The lowest BCUT2D eigenvalue weighted by Gasteiger charge is -2.10. The van der Waals surface area contributed by atoms with Crippen molar-refractivity contribution in [3.05, 3.63) is 32.9 Å². The van der Waals surface area contributed by atoms with Gasteiger partial charge in [-0.05, 0) is 12.1 Å². The summed E-state index contributed by atoms with van der Waals surface area (Å²) in [7, 11) is -4.13. The van der Waals surface area contributed by atoms with Crippen LogP contribution in [-0.4, -0.2) is 21.8 Å². The van der Waals surface area contributed by atoms with Gasteiger partial charge in [0.15, 0.2) is 9.31 Å². The van der Waals surface area contributed by atoms with E-state index in [1.54, 1.807) is 6.07 Å². The molecule has 12 heteroatoms. The standard InChI is InChI=1S/C11H5BrCl4N4O2S/c12-11(16)23(21,22)9-7(3-17)19-20(10(9)18)8-5(14)1-4(13)2-6(8)15/h1-2,11H,18H2. The number of nitriles is 1. The Hall–Kier alpha value is -0.690. The summed E-state index contributed by atoms with van der Waals surface area (Å²) >= 11 is 26.3. The molecular formula is C11H5BrCl4N4O2S. The van der Waals surface area contributed by atoms with Crippen molar-refractivity contribution in [2.24, 2.45) is 0 Å². The second-order valence-corrected chi connectivity index (χ2v) is 10.1. The lowest BCUT2D eigenvalue weighted by molar-refractivity contribution is 0.599. The zero-order chi connectivity index (χ0) is 17.5. The van der Waals surface area contributed by atoms with Crippen LogP contribution in [0.5, 0.6) is 0 Å². The summed E-state index contributed by atoms with van der Waals surface area (Å²) in [6.45, 7) is 0. The third kappa shape index (κ3) is 3.27. The smallest absolute Gasteiger partial charge is 0.211 e. The van der Waals surface area contributed by atoms with Crippen LogP contribution in [0.2, 0.25) is 15.1 Å². The summed E-state index contributed by atoms with van der Waals surface area (Å²) < 4.78 is 24.0. The van der Waals surface area contributed by atoms with Gasteiger partial charge in [0.2, 0.25) is 9.84 Å². The van der Waals surface area contributed by atoms with E-state index in [4.69, 9.17) is 57.4 Å². The van der Waals surface area contributed by atoms with Gasteiger partial charge in [-0.1, -0.05) is 62.3 Å². The number of sulfone groups is 1. The highest BCUT2D eigenvalue weighted by Crippen LogP contribution is 2.37. The Morgan fingerprint density at radius 3 is 2.26 bits per heavy atom. The topological polar surface area (TPSA) is 102 Å². The summed E-state index contributed by atoms with van der Waals surface area (Å²) in [5.41, 5.74) is 5.51. The molecule has 0 aliphatic rings. The molecule has 2 aromatic rings. The number of hydrogen-bond donors (Lipinski definition) is 1. The Bertz CT molecular complexity index is 913. The highest BCUT2D eigenvalue weighted by Gasteiger charge is 2.33. The predicted octanol–water partition coefficient (Wildman–Crippen LogP) is 3.98. The van der Waals surface area contributed by atoms with E-state index in [2.05, 4.69) is 21.0 Å². The summed E-state index contributed by atoms with van der Waals surface area (Å²) in [5.74, 6) is -0.349. The highest BCUT2D eigenvalue weighted by molar-refractivity contribution is 9.11. The lowest BCUT2D eigenvalue weighted by atomic mass is 10.3. The van der Waals surface area contributed by atoms with E-state index in [1.165, 1.54) is 12.1 Å². The van der Waals surface area contributed by atoms with Crippen molar-refractivity contribution in [2.45, 2.75) is 8.51 Å². The molecule has 0 aliphatic carbocycles. The first-order valence-electron chi connectivity index (χ1n) is 5.56. The van der Waals surface area contributed by atoms with Crippen LogP contribution in [0.4, 0.5) is 5.82 Å². The molecule has 0 saturated heterocycles. The first kappa shape index (κ1) is 18.6. The number of anilines is 1. The number of benzene rings is 1. The molecule has 0 spiro atoms. The van der Waals surface area contributed by atoms with Crippen LogP contribution in [0.25, 0.3) is 5.69 Å². The van der Waals surface area contributed by atoms with Gasteiger partial charge in [0.25, 0.3) is 0 Å². The fraction of sp³-hybridized carbons (Fsp3) is 0.0909. The van der Waals surface area contributed by atoms with Crippen LogP contribution >= 0.6 is 62.3 Å². The molecule has 0 amide bonds. The number of nitrogens with zero attached hydrogens (tertiary/aromatic N) is 3. The van der Waals surface area contributed by atoms with Gasteiger partial charge in [0.05, 0.1) is 10.0 Å². The summed E-state index contributed by atoms with van der Waals surface area (Å²) in [6.07, 6.45) is 0. The second kappa shape index (κ2) is 6.67. The molecule has 0 radical (unpaired) electrons. The van der Waals surface area contributed by atoms with Gasteiger partial charge in [-0.2, -0.15) is 10.4 Å². The van der Waals surface area contributed by atoms with E-state index in [-0.39, 0.29) is 26.6 Å². The fourth-order valence-corrected chi connectivity index (χ4v) is 4.48. The predicted molar refractivity (Wildman–Crippen MR) is 93.5 cm³/mol. The van der Waals surface area contributed by atoms with Gasteiger partial charge in [0, 0.05) is 5.02 Å². The van der Waals surface area contributed by atoms with E-state index in [9.17, 15) is 8.42 Å². The third-order valence-electron chi connectivity index (χ3n) is 2.69. The first-order valence-corrected chi connectivity index (χ1v) is 9.60. The molecule has 1 heterocycles. The Balaban J connectivity index is 2.85. The molecule has 0 fully saturated rings. The van der Waals surface area contributed by atoms with E-state index >= 15 is 0 Å². The average molecular weight is 479 g/mol. The number of hydrogen-bond acceptors (Lipinski definition) is 5. The minimum Gasteiger partial charge on any atom is -0.382 e. The molecule has 1 aromatic carbocycles. The van der Waals surface area contributed by atoms with Gasteiger partial charge < -0.3 is 5.73 Å².